The minimum absolute atomic E-state index is 0.427. The molecular weight excluding hydrogens is 218 g/mol. The van der Waals surface area contributed by atoms with Crippen molar-refractivity contribution < 1.29 is 0 Å². The number of aromatic nitrogens is 2. The van der Waals surface area contributed by atoms with E-state index in [2.05, 4.69) is 20.0 Å². The maximum absolute atomic E-state index is 6.00. The fourth-order valence-electron chi connectivity index (χ4n) is 1.13. The van der Waals surface area contributed by atoms with Gasteiger partial charge in [0.15, 0.2) is 0 Å². The second-order valence-electron chi connectivity index (χ2n) is 2.61. The summed E-state index contributed by atoms with van der Waals surface area (Å²) in [5.74, 6) is 2.49. The lowest BCUT2D eigenvalue weighted by molar-refractivity contribution is 1.39. The summed E-state index contributed by atoms with van der Waals surface area (Å²) in [6.45, 7) is 0.427. The molecule has 1 heterocycles. The SMILES string of the molecule is C#CCNc1c(Cl)ccc2nsnc12. The fourth-order valence-corrected chi connectivity index (χ4v) is 1.90. The van der Waals surface area contributed by atoms with Crippen molar-refractivity contribution in [1.82, 2.24) is 8.75 Å². The van der Waals surface area contributed by atoms with Crippen molar-refractivity contribution in [1.29, 1.82) is 0 Å². The molecule has 0 aliphatic heterocycles. The van der Waals surface area contributed by atoms with Gasteiger partial charge in [-0.3, -0.25) is 0 Å². The molecule has 2 aromatic rings. The molecule has 70 valence electrons. The van der Waals surface area contributed by atoms with Crippen molar-refractivity contribution in [3.8, 4) is 12.3 Å². The Kier molecular flexibility index (Phi) is 2.53. The van der Waals surface area contributed by atoms with Gasteiger partial charge in [-0.1, -0.05) is 17.5 Å². The van der Waals surface area contributed by atoms with Crippen molar-refractivity contribution in [2.75, 3.05) is 11.9 Å². The number of terminal acetylenes is 1. The van der Waals surface area contributed by atoms with Crippen LogP contribution in [0, 0.1) is 12.3 Å². The van der Waals surface area contributed by atoms with Crippen molar-refractivity contribution in [2.24, 2.45) is 0 Å². The minimum atomic E-state index is 0.427. The summed E-state index contributed by atoms with van der Waals surface area (Å²) in [6.07, 6.45) is 5.16. The van der Waals surface area contributed by atoms with E-state index in [1.807, 2.05) is 6.07 Å². The first kappa shape index (κ1) is 9.25. The predicted octanol–water partition coefficient (Wildman–Crippen LogP) is 2.39. The van der Waals surface area contributed by atoms with Gasteiger partial charge in [-0.2, -0.15) is 8.75 Å². The van der Waals surface area contributed by atoms with Gasteiger partial charge in [0.25, 0.3) is 0 Å². The molecule has 0 atom stereocenters. The van der Waals surface area contributed by atoms with Crippen LogP contribution in [0.5, 0.6) is 0 Å². The first-order valence-electron chi connectivity index (χ1n) is 3.91. The monoisotopic (exact) mass is 223 g/mol. The molecule has 0 spiro atoms. The van der Waals surface area contributed by atoms with E-state index in [0.717, 1.165) is 28.4 Å². The highest BCUT2D eigenvalue weighted by atomic mass is 35.5. The second kappa shape index (κ2) is 3.82. The average Bonchev–Trinajstić information content (AvgIpc) is 2.64. The third kappa shape index (κ3) is 1.52. The summed E-state index contributed by atoms with van der Waals surface area (Å²) in [5, 5.41) is 3.64. The lowest BCUT2D eigenvalue weighted by Gasteiger charge is -2.04. The molecular formula is C9H6ClN3S. The molecule has 5 heteroatoms. The molecule has 0 aliphatic carbocycles. The van der Waals surface area contributed by atoms with Crippen LogP contribution in [0.2, 0.25) is 5.02 Å². The third-order valence-corrected chi connectivity index (χ3v) is 2.60. The molecule has 1 aromatic carbocycles. The van der Waals surface area contributed by atoms with Gasteiger partial charge in [-0.15, -0.1) is 6.42 Å². The normalized spacial score (nSPS) is 10.0. The summed E-state index contributed by atoms with van der Waals surface area (Å²) in [4.78, 5) is 0. The van der Waals surface area contributed by atoms with E-state index in [9.17, 15) is 0 Å². The number of halogens is 1. The Bertz CT molecular complexity index is 500. The van der Waals surface area contributed by atoms with Crippen molar-refractivity contribution in [3.05, 3.63) is 17.2 Å². The quantitative estimate of drug-likeness (QED) is 0.795. The van der Waals surface area contributed by atoms with Crippen LogP contribution in [0.3, 0.4) is 0 Å². The van der Waals surface area contributed by atoms with Crippen LogP contribution in [-0.4, -0.2) is 15.3 Å². The van der Waals surface area contributed by atoms with Gasteiger partial charge in [0.05, 0.1) is 29.0 Å². The Morgan fingerprint density at radius 1 is 1.50 bits per heavy atom. The number of hydrogen-bond acceptors (Lipinski definition) is 4. The molecule has 0 radical (unpaired) electrons. The average molecular weight is 224 g/mol. The van der Waals surface area contributed by atoms with Crippen molar-refractivity contribution >= 4 is 40.0 Å². The van der Waals surface area contributed by atoms with E-state index >= 15 is 0 Å². The Morgan fingerprint density at radius 2 is 2.36 bits per heavy atom. The van der Waals surface area contributed by atoms with Crippen LogP contribution in [0.1, 0.15) is 0 Å². The summed E-state index contributed by atoms with van der Waals surface area (Å²) in [7, 11) is 0. The molecule has 2 rings (SSSR count). The first-order valence-corrected chi connectivity index (χ1v) is 5.02. The van der Waals surface area contributed by atoms with Crippen LogP contribution in [-0.2, 0) is 0 Å². The summed E-state index contributed by atoms with van der Waals surface area (Å²) < 4.78 is 8.26. The standard InChI is InChI=1S/C9H6ClN3S/c1-2-5-11-8-6(10)3-4-7-9(8)13-14-12-7/h1,3-4,11H,5H2. The van der Waals surface area contributed by atoms with Crippen LogP contribution in [0.4, 0.5) is 5.69 Å². The van der Waals surface area contributed by atoms with Gasteiger partial charge < -0.3 is 5.32 Å². The molecule has 0 saturated heterocycles. The van der Waals surface area contributed by atoms with Gasteiger partial charge in [-0.25, -0.2) is 0 Å². The van der Waals surface area contributed by atoms with Gasteiger partial charge in [0.1, 0.15) is 11.0 Å². The molecule has 0 aliphatic rings. The van der Waals surface area contributed by atoms with E-state index < -0.39 is 0 Å². The number of nitrogens with zero attached hydrogens (tertiary/aromatic N) is 2. The number of anilines is 1. The maximum atomic E-state index is 6.00. The molecule has 14 heavy (non-hydrogen) atoms. The number of fused-ring (bicyclic) bond motifs is 1. The number of hydrogen-bond donors (Lipinski definition) is 1. The third-order valence-electron chi connectivity index (χ3n) is 1.74. The van der Waals surface area contributed by atoms with Crippen molar-refractivity contribution in [2.45, 2.75) is 0 Å². The van der Waals surface area contributed by atoms with Gasteiger partial charge in [-0.05, 0) is 12.1 Å². The van der Waals surface area contributed by atoms with Crippen LogP contribution in [0.15, 0.2) is 12.1 Å². The Balaban J connectivity index is 2.54. The zero-order valence-electron chi connectivity index (χ0n) is 7.12. The molecule has 1 N–H and O–H groups in total. The maximum Gasteiger partial charge on any atom is 0.129 e. The zero-order chi connectivity index (χ0) is 9.97. The highest BCUT2D eigenvalue weighted by Gasteiger charge is 2.08. The van der Waals surface area contributed by atoms with E-state index in [0.29, 0.717) is 11.6 Å². The lowest BCUT2D eigenvalue weighted by Crippen LogP contribution is -1.99. The van der Waals surface area contributed by atoms with Crippen molar-refractivity contribution in [3.63, 3.8) is 0 Å². The lowest BCUT2D eigenvalue weighted by atomic mass is 10.2. The Labute approximate surface area is 90.4 Å². The smallest absolute Gasteiger partial charge is 0.129 e. The Morgan fingerprint density at radius 3 is 3.14 bits per heavy atom. The topological polar surface area (TPSA) is 37.8 Å². The number of nitrogens with one attached hydrogen (secondary N) is 1. The fraction of sp³-hybridized carbons (Fsp3) is 0.111. The Hall–Kier alpha value is -1.31. The van der Waals surface area contributed by atoms with E-state index in [1.54, 1.807) is 6.07 Å². The minimum Gasteiger partial charge on any atom is -0.371 e. The van der Waals surface area contributed by atoms with E-state index in [4.69, 9.17) is 18.0 Å². The molecule has 0 bridgehead atoms. The molecule has 0 unspecified atom stereocenters. The van der Waals surface area contributed by atoms with Gasteiger partial charge >= 0.3 is 0 Å². The van der Waals surface area contributed by atoms with Gasteiger partial charge in [0.2, 0.25) is 0 Å². The van der Waals surface area contributed by atoms with Crippen LogP contribution in [0.25, 0.3) is 11.0 Å². The van der Waals surface area contributed by atoms with E-state index in [1.165, 1.54) is 0 Å². The molecule has 0 fully saturated rings. The number of rotatable bonds is 2. The molecule has 1 aromatic heterocycles. The highest BCUT2D eigenvalue weighted by Crippen LogP contribution is 2.29. The number of benzene rings is 1. The molecule has 3 nitrogen and oxygen atoms in total. The van der Waals surface area contributed by atoms with Gasteiger partial charge in [0, 0.05) is 0 Å². The van der Waals surface area contributed by atoms with Crippen LogP contribution < -0.4 is 5.32 Å². The molecule has 0 amide bonds. The molecule has 0 saturated carbocycles. The van der Waals surface area contributed by atoms with E-state index in [-0.39, 0.29) is 0 Å². The largest absolute Gasteiger partial charge is 0.371 e. The first-order chi connectivity index (χ1) is 6.83. The summed E-state index contributed by atoms with van der Waals surface area (Å²) >= 11 is 7.16. The van der Waals surface area contributed by atoms with Crippen LogP contribution >= 0.6 is 23.3 Å². The predicted molar refractivity (Wildman–Crippen MR) is 59.7 cm³/mol. The zero-order valence-corrected chi connectivity index (χ0v) is 8.69. The highest BCUT2D eigenvalue weighted by molar-refractivity contribution is 7.00. The second-order valence-corrected chi connectivity index (χ2v) is 3.55. The summed E-state index contributed by atoms with van der Waals surface area (Å²) in [5.41, 5.74) is 2.37. The summed E-state index contributed by atoms with van der Waals surface area (Å²) in [6, 6.07) is 3.62.